The highest BCUT2D eigenvalue weighted by molar-refractivity contribution is 7.10. The van der Waals surface area contributed by atoms with Crippen molar-refractivity contribution in [2.75, 3.05) is 0 Å². The third-order valence-electron chi connectivity index (χ3n) is 10.6. The average Bonchev–Trinajstić information content (AvgIpc) is 4.41. The van der Waals surface area contributed by atoms with Gasteiger partial charge in [0.1, 0.15) is 17.8 Å². The Hall–Kier alpha value is -5.21. The van der Waals surface area contributed by atoms with Gasteiger partial charge in [0.15, 0.2) is 12.3 Å². The number of thiazole rings is 3. The fraction of sp³-hybridized carbons (Fsp3) is 0.603. The Morgan fingerprint density at radius 3 is 1.15 bits per heavy atom. The van der Waals surface area contributed by atoms with Crippen LogP contribution < -0.4 is 0 Å². The number of oxazole rings is 2. The number of aryl methyl sites for hydroxylation is 1. The summed E-state index contributed by atoms with van der Waals surface area (Å²) in [6, 6.07) is 3.96. The molecular formula is C68H113N11O3S5. The highest BCUT2D eigenvalue weighted by atomic mass is 32.1. The van der Waals surface area contributed by atoms with E-state index in [1.807, 2.05) is 74.7 Å². The molecule has 0 atom stereocenters. The van der Waals surface area contributed by atoms with Gasteiger partial charge < -0.3 is 13.4 Å². The van der Waals surface area contributed by atoms with E-state index in [4.69, 9.17) is 13.4 Å². The summed E-state index contributed by atoms with van der Waals surface area (Å²) in [5.74, 6) is 2.66. The molecule has 0 radical (unpaired) electrons. The number of nitrogens with zero attached hydrogens (tertiary/aromatic N) is 11. The van der Waals surface area contributed by atoms with Crippen LogP contribution in [0, 0.1) is 6.92 Å². The van der Waals surface area contributed by atoms with Crippen LogP contribution in [0.3, 0.4) is 0 Å². The maximum atomic E-state index is 5.09. The van der Waals surface area contributed by atoms with E-state index in [2.05, 4.69) is 252 Å². The summed E-state index contributed by atoms with van der Waals surface area (Å²) in [6.07, 6.45) is 17.1. The van der Waals surface area contributed by atoms with Gasteiger partial charge in [-0.05, 0) is 41.5 Å². The maximum Gasteiger partial charge on any atom is 0.199 e. The zero-order chi connectivity index (χ0) is 67.7. The van der Waals surface area contributed by atoms with Crippen molar-refractivity contribution in [2.45, 2.75) is 270 Å². The molecule has 9 heterocycles. The molecule has 0 unspecified atom stereocenters. The fourth-order valence-corrected chi connectivity index (χ4v) is 9.37. The smallest absolute Gasteiger partial charge is 0.199 e. The average molecular weight is 1290 g/mol. The van der Waals surface area contributed by atoms with Gasteiger partial charge in [0.25, 0.3) is 0 Å². The molecule has 19 heteroatoms. The Morgan fingerprint density at radius 1 is 0.425 bits per heavy atom. The quantitative estimate of drug-likeness (QED) is 0.140. The van der Waals surface area contributed by atoms with Crippen LogP contribution in [0.25, 0.3) is 0 Å². The van der Waals surface area contributed by atoms with Gasteiger partial charge in [-0.2, -0.15) is 4.37 Å². The highest BCUT2D eigenvalue weighted by Gasteiger charge is 2.22. The molecule has 87 heavy (non-hydrogen) atoms. The molecule has 0 aliphatic rings. The molecule has 0 aliphatic heterocycles. The van der Waals surface area contributed by atoms with E-state index >= 15 is 0 Å². The highest BCUT2D eigenvalue weighted by Crippen LogP contribution is 2.28. The lowest BCUT2D eigenvalue weighted by Gasteiger charge is -2.15. The van der Waals surface area contributed by atoms with Crippen molar-refractivity contribution in [3.05, 3.63) is 156 Å². The SMILES string of the molecule is CC.CC.CC(C)(C)c1ccno1.CC(C)(C)c1ccsn1.CC(C)(C)c1cnccn1.CC(C)(C)c1cnco1.CC(C)(C)c1cscn1.CC(C)(C)c1ncco1.CC(C)(C)c1nccs1.CC(C)(C)c1nccs1.Cc1nnsc1C(C)(C)C. The molecule has 9 aromatic heterocycles. The molecule has 0 saturated heterocycles. The van der Waals surface area contributed by atoms with Crippen molar-refractivity contribution >= 4 is 57.1 Å². The molecule has 0 fully saturated rings. The predicted octanol–water partition coefficient (Wildman–Crippen LogP) is 21.6. The zero-order valence-electron chi connectivity index (χ0n) is 59.5. The van der Waals surface area contributed by atoms with Crippen molar-refractivity contribution in [1.82, 2.24) is 54.0 Å². The van der Waals surface area contributed by atoms with Gasteiger partial charge in [0.05, 0.1) is 61.8 Å². The fourth-order valence-electron chi connectivity index (χ4n) is 5.75. The Labute approximate surface area is 547 Å². The second kappa shape index (κ2) is 39.0. The van der Waals surface area contributed by atoms with Crippen molar-refractivity contribution in [2.24, 2.45) is 0 Å². The number of rotatable bonds is 0. The van der Waals surface area contributed by atoms with Crippen LogP contribution in [0.1, 0.15) is 270 Å². The normalized spacial score (nSPS) is 11.4. The Balaban J connectivity index is 0. The molecule has 0 N–H and O–H groups in total. The van der Waals surface area contributed by atoms with Gasteiger partial charge in [0.2, 0.25) is 0 Å². The predicted molar refractivity (Wildman–Crippen MR) is 376 cm³/mol. The van der Waals surface area contributed by atoms with E-state index in [9.17, 15) is 0 Å². The minimum absolute atomic E-state index is 0.0451. The summed E-state index contributed by atoms with van der Waals surface area (Å²) >= 11 is 8.10. The maximum absolute atomic E-state index is 5.09. The Morgan fingerprint density at radius 2 is 0.954 bits per heavy atom. The minimum atomic E-state index is 0.0451. The van der Waals surface area contributed by atoms with Crippen molar-refractivity contribution in [3.8, 4) is 0 Å². The zero-order valence-corrected chi connectivity index (χ0v) is 63.6. The van der Waals surface area contributed by atoms with Crippen LogP contribution in [-0.4, -0.2) is 54.0 Å². The first-order valence-corrected chi connectivity index (χ1v) is 34.0. The van der Waals surface area contributed by atoms with Gasteiger partial charge >= 0.3 is 0 Å². The monoisotopic (exact) mass is 1290 g/mol. The van der Waals surface area contributed by atoms with E-state index in [1.54, 1.807) is 77.5 Å². The summed E-state index contributed by atoms with van der Waals surface area (Å²) in [5, 5.41) is 18.1. The van der Waals surface area contributed by atoms with Gasteiger partial charge in [-0.3, -0.25) is 9.97 Å². The Kier molecular flexibility index (Phi) is 37.6. The second-order valence-electron chi connectivity index (χ2n) is 28.5. The minimum Gasteiger partial charge on any atom is -0.448 e. The van der Waals surface area contributed by atoms with Crippen molar-refractivity contribution in [3.63, 3.8) is 0 Å². The first kappa shape index (κ1) is 83.9. The van der Waals surface area contributed by atoms with Crippen LogP contribution in [0.4, 0.5) is 0 Å². The van der Waals surface area contributed by atoms with E-state index in [-0.39, 0.29) is 48.7 Å². The lowest BCUT2D eigenvalue weighted by atomic mass is 9.93. The van der Waals surface area contributed by atoms with E-state index in [0.29, 0.717) is 0 Å². The largest absolute Gasteiger partial charge is 0.448 e. The van der Waals surface area contributed by atoms with Crippen molar-refractivity contribution in [1.29, 1.82) is 0 Å². The molecule has 0 aliphatic carbocycles. The van der Waals surface area contributed by atoms with Gasteiger partial charge in [-0.1, -0.05) is 224 Å². The molecule has 9 aromatic rings. The van der Waals surface area contributed by atoms with Crippen LogP contribution in [0.2, 0.25) is 0 Å². The second-order valence-corrected chi connectivity index (χ2v) is 32.5. The first-order chi connectivity index (χ1) is 39.9. The topological polar surface area (TPSA) is 181 Å². The lowest BCUT2D eigenvalue weighted by Crippen LogP contribution is -2.13. The number of aromatic nitrogens is 11. The van der Waals surface area contributed by atoms with E-state index < -0.39 is 0 Å². The van der Waals surface area contributed by atoms with Crippen LogP contribution in [-0.2, 0) is 48.7 Å². The number of hydrogen-bond donors (Lipinski definition) is 0. The van der Waals surface area contributed by atoms with E-state index in [1.165, 1.54) is 55.7 Å². The molecule has 488 valence electrons. The molecule has 0 amide bonds. The molecule has 0 bridgehead atoms. The summed E-state index contributed by atoms with van der Waals surface area (Å²) < 4.78 is 23.2. The molecular weight excluding hydrogens is 1180 g/mol. The standard InChI is InChI=1S/C8H12N2.C7H12N2S.3C7H11NO.4C7H11NS.2C2H6/c1-8(2,3)7-6-9-4-5-10-7;1-5-6(7(2,3)4)10-9-8-5;1-7(2,3)6-4-8-5-9-6;1-7(2,3)6-8-4-5-9-6;1-7(2,3)6-4-5-8-9-6;1-7(2,3)6-4-9-5-8-6;2*1-7(2,3)6-8-4-5-9-6;1-7(2,3)6-4-5-9-8-6;2*1-2/h4-6H,1-3H3;1-4H3;7*4-5H,1-3H3;2*1-2H3. The summed E-state index contributed by atoms with van der Waals surface area (Å²) in [6.45, 7) is 67.7. The third kappa shape index (κ3) is 37.4. The van der Waals surface area contributed by atoms with E-state index in [0.717, 1.165) is 28.8 Å². The number of hydrogen-bond acceptors (Lipinski definition) is 19. The lowest BCUT2D eigenvalue weighted by molar-refractivity contribution is 0.329. The van der Waals surface area contributed by atoms with Crippen LogP contribution in [0.15, 0.2) is 115 Å². The van der Waals surface area contributed by atoms with Gasteiger partial charge in [-0.25, -0.2) is 24.9 Å². The summed E-state index contributed by atoms with van der Waals surface area (Å²) in [5.41, 5.74) is 7.82. The molecule has 9 rings (SSSR count). The molecule has 14 nitrogen and oxygen atoms in total. The summed E-state index contributed by atoms with van der Waals surface area (Å²) in [4.78, 5) is 29.9. The van der Waals surface area contributed by atoms with Gasteiger partial charge in [-0.15, -0.1) is 39.1 Å². The first-order valence-electron chi connectivity index (χ1n) is 29.7. The molecule has 0 aromatic carbocycles. The molecule has 0 spiro atoms. The molecule has 0 saturated carbocycles. The van der Waals surface area contributed by atoms with Crippen LogP contribution in [0.5, 0.6) is 0 Å². The Bertz CT molecular complexity index is 2490. The van der Waals surface area contributed by atoms with Crippen molar-refractivity contribution < 1.29 is 13.4 Å². The van der Waals surface area contributed by atoms with Crippen LogP contribution >= 0.6 is 57.1 Å². The third-order valence-corrected chi connectivity index (χ3v) is 15.4. The van der Waals surface area contributed by atoms with Gasteiger partial charge in [0, 0.05) is 102 Å². The summed E-state index contributed by atoms with van der Waals surface area (Å²) in [7, 11) is 0.